The number of nitrogens with one attached hydrogen (secondary N) is 1. The molecule has 118 valence electrons. The van der Waals surface area contributed by atoms with Crippen LogP contribution in [0.15, 0.2) is 46.1 Å². The lowest BCUT2D eigenvalue weighted by Crippen LogP contribution is -2.40. The monoisotopic (exact) mass is 306 g/mol. The molecule has 0 fully saturated rings. The summed E-state index contributed by atoms with van der Waals surface area (Å²) >= 11 is 0. The first kappa shape index (κ1) is 16.0. The van der Waals surface area contributed by atoms with Crippen molar-refractivity contribution in [3.05, 3.63) is 53.7 Å². The number of guanidine groups is 1. The standard InChI is InChI=1S/C15H19FN4O2/c1-17-15(20(2)10-13-7-8-22-19-13)18-9-14(21)11-3-5-12(16)6-4-11/h3-8,14,21H,9-10H2,1-2H3,(H,17,18). The van der Waals surface area contributed by atoms with E-state index in [4.69, 9.17) is 4.52 Å². The van der Waals surface area contributed by atoms with Gasteiger partial charge in [0.2, 0.25) is 0 Å². The average Bonchev–Trinajstić information content (AvgIpc) is 3.01. The highest BCUT2D eigenvalue weighted by Crippen LogP contribution is 2.12. The summed E-state index contributed by atoms with van der Waals surface area (Å²) in [6.07, 6.45) is 0.760. The molecule has 1 atom stereocenters. The van der Waals surface area contributed by atoms with Crippen LogP contribution in [-0.2, 0) is 6.54 Å². The molecule has 0 spiro atoms. The van der Waals surface area contributed by atoms with Gasteiger partial charge in [0.25, 0.3) is 0 Å². The Morgan fingerprint density at radius 1 is 1.41 bits per heavy atom. The Morgan fingerprint density at radius 3 is 2.73 bits per heavy atom. The van der Waals surface area contributed by atoms with Gasteiger partial charge in [-0.05, 0) is 17.7 Å². The average molecular weight is 306 g/mol. The van der Waals surface area contributed by atoms with Gasteiger partial charge in [-0.15, -0.1) is 0 Å². The summed E-state index contributed by atoms with van der Waals surface area (Å²) in [5, 5.41) is 17.0. The molecule has 22 heavy (non-hydrogen) atoms. The third kappa shape index (κ3) is 4.29. The molecule has 2 N–H and O–H groups in total. The topological polar surface area (TPSA) is 73.9 Å². The van der Waals surface area contributed by atoms with Crippen molar-refractivity contribution >= 4 is 5.96 Å². The van der Waals surface area contributed by atoms with Gasteiger partial charge in [-0.25, -0.2) is 4.39 Å². The molecule has 0 bridgehead atoms. The fourth-order valence-electron chi connectivity index (χ4n) is 2.01. The molecule has 2 rings (SSSR count). The minimum absolute atomic E-state index is 0.265. The lowest BCUT2D eigenvalue weighted by atomic mass is 10.1. The molecule has 1 aromatic heterocycles. The number of aliphatic hydroxyl groups is 1. The first-order valence-corrected chi connectivity index (χ1v) is 6.84. The van der Waals surface area contributed by atoms with E-state index in [1.54, 1.807) is 25.2 Å². The van der Waals surface area contributed by atoms with Crippen molar-refractivity contribution in [2.75, 3.05) is 20.6 Å². The second kappa shape index (κ2) is 7.56. The van der Waals surface area contributed by atoms with E-state index >= 15 is 0 Å². The highest BCUT2D eigenvalue weighted by Gasteiger charge is 2.12. The van der Waals surface area contributed by atoms with Crippen molar-refractivity contribution in [1.29, 1.82) is 0 Å². The third-order valence-electron chi connectivity index (χ3n) is 3.17. The van der Waals surface area contributed by atoms with Crippen LogP contribution in [0.3, 0.4) is 0 Å². The molecule has 0 radical (unpaired) electrons. The second-order valence-corrected chi connectivity index (χ2v) is 4.84. The van der Waals surface area contributed by atoms with E-state index in [0.29, 0.717) is 18.1 Å². The Labute approximate surface area is 128 Å². The molecule has 7 heteroatoms. The fraction of sp³-hybridized carbons (Fsp3) is 0.333. The van der Waals surface area contributed by atoms with Gasteiger partial charge in [0.1, 0.15) is 17.8 Å². The van der Waals surface area contributed by atoms with Crippen LogP contribution in [-0.4, -0.2) is 41.8 Å². The molecule has 1 unspecified atom stereocenters. The largest absolute Gasteiger partial charge is 0.387 e. The molecule has 2 aromatic rings. The summed E-state index contributed by atoms with van der Waals surface area (Å²) in [6, 6.07) is 7.54. The summed E-state index contributed by atoms with van der Waals surface area (Å²) in [5.41, 5.74) is 1.42. The summed E-state index contributed by atoms with van der Waals surface area (Å²) in [5.74, 6) is 0.288. The van der Waals surface area contributed by atoms with Crippen LogP contribution in [0.5, 0.6) is 0 Å². The smallest absolute Gasteiger partial charge is 0.193 e. The number of hydrogen-bond acceptors (Lipinski definition) is 4. The molecule has 0 saturated heterocycles. The zero-order valence-corrected chi connectivity index (χ0v) is 12.5. The quantitative estimate of drug-likeness (QED) is 0.648. The third-order valence-corrected chi connectivity index (χ3v) is 3.17. The molecule has 1 heterocycles. The Balaban J connectivity index is 1.89. The number of halogens is 1. The molecular weight excluding hydrogens is 287 g/mol. The van der Waals surface area contributed by atoms with Gasteiger partial charge >= 0.3 is 0 Å². The van der Waals surface area contributed by atoms with Gasteiger partial charge in [-0.3, -0.25) is 4.99 Å². The minimum atomic E-state index is -0.752. The summed E-state index contributed by atoms with van der Waals surface area (Å²) in [4.78, 5) is 6.01. The van der Waals surface area contributed by atoms with Crippen molar-refractivity contribution in [2.45, 2.75) is 12.6 Å². The Bertz CT molecular complexity index is 599. The van der Waals surface area contributed by atoms with Crippen molar-refractivity contribution in [3.63, 3.8) is 0 Å². The zero-order valence-electron chi connectivity index (χ0n) is 12.5. The van der Waals surface area contributed by atoms with E-state index < -0.39 is 6.10 Å². The van der Waals surface area contributed by atoms with Crippen LogP contribution < -0.4 is 5.32 Å². The van der Waals surface area contributed by atoms with Gasteiger partial charge in [0, 0.05) is 26.7 Å². The number of hydrogen-bond donors (Lipinski definition) is 2. The molecule has 0 aliphatic rings. The van der Waals surface area contributed by atoms with Crippen LogP contribution in [0.1, 0.15) is 17.4 Å². The number of rotatable bonds is 5. The second-order valence-electron chi connectivity index (χ2n) is 4.84. The maximum Gasteiger partial charge on any atom is 0.193 e. The summed E-state index contributed by atoms with van der Waals surface area (Å²) in [6.45, 7) is 0.796. The molecule has 0 saturated carbocycles. The Kier molecular flexibility index (Phi) is 5.48. The highest BCUT2D eigenvalue weighted by atomic mass is 19.1. The number of nitrogens with zero attached hydrogens (tertiary/aromatic N) is 3. The maximum absolute atomic E-state index is 12.9. The molecular formula is C15H19FN4O2. The molecule has 6 nitrogen and oxygen atoms in total. The van der Waals surface area contributed by atoms with Crippen LogP contribution in [0.25, 0.3) is 0 Å². The van der Waals surface area contributed by atoms with Gasteiger partial charge in [-0.2, -0.15) is 0 Å². The fourth-order valence-corrected chi connectivity index (χ4v) is 2.01. The van der Waals surface area contributed by atoms with E-state index in [1.165, 1.54) is 18.4 Å². The van der Waals surface area contributed by atoms with E-state index in [2.05, 4.69) is 15.5 Å². The highest BCUT2D eigenvalue weighted by molar-refractivity contribution is 5.79. The van der Waals surface area contributed by atoms with Crippen LogP contribution >= 0.6 is 0 Å². The van der Waals surface area contributed by atoms with Gasteiger partial charge < -0.3 is 19.8 Å². The lowest BCUT2D eigenvalue weighted by Gasteiger charge is -2.22. The van der Waals surface area contributed by atoms with E-state index in [9.17, 15) is 9.50 Å². The number of aromatic nitrogens is 1. The predicted molar refractivity (Wildman–Crippen MR) is 80.7 cm³/mol. The maximum atomic E-state index is 12.9. The van der Waals surface area contributed by atoms with Crippen LogP contribution in [0.4, 0.5) is 4.39 Å². The van der Waals surface area contributed by atoms with Gasteiger partial charge in [0.15, 0.2) is 5.96 Å². The molecule has 0 aliphatic heterocycles. The Hall–Kier alpha value is -2.41. The van der Waals surface area contributed by atoms with Crippen LogP contribution in [0.2, 0.25) is 0 Å². The van der Waals surface area contributed by atoms with Crippen molar-refractivity contribution in [1.82, 2.24) is 15.4 Å². The van der Waals surface area contributed by atoms with Crippen molar-refractivity contribution in [3.8, 4) is 0 Å². The summed E-state index contributed by atoms with van der Waals surface area (Å²) < 4.78 is 17.7. The number of aliphatic imine (C=N–C) groups is 1. The first-order valence-electron chi connectivity index (χ1n) is 6.84. The number of aliphatic hydroxyl groups excluding tert-OH is 1. The van der Waals surface area contributed by atoms with Gasteiger partial charge in [0.05, 0.1) is 12.6 Å². The van der Waals surface area contributed by atoms with E-state index in [0.717, 1.165) is 5.69 Å². The molecule has 0 aliphatic carbocycles. The Morgan fingerprint density at radius 2 is 2.14 bits per heavy atom. The normalized spacial score (nSPS) is 13.0. The predicted octanol–water partition coefficient (Wildman–Crippen LogP) is 1.55. The first-order chi connectivity index (χ1) is 10.6. The van der Waals surface area contributed by atoms with Crippen LogP contribution in [0, 0.1) is 5.82 Å². The van der Waals surface area contributed by atoms with Gasteiger partial charge in [-0.1, -0.05) is 17.3 Å². The molecule has 1 aromatic carbocycles. The number of benzene rings is 1. The minimum Gasteiger partial charge on any atom is -0.387 e. The summed E-state index contributed by atoms with van der Waals surface area (Å²) in [7, 11) is 3.51. The lowest BCUT2D eigenvalue weighted by molar-refractivity contribution is 0.179. The molecule has 0 amide bonds. The van der Waals surface area contributed by atoms with E-state index in [1.807, 2.05) is 11.9 Å². The SMILES string of the molecule is CN=C(NCC(O)c1ccc(F)cc1)N(C)Cc1ccon1. The van der Waals surface area contributed by atoms with E-state index in [-0.39, 0.29) is 12.4 Å². The van der Waals surface area contributed by atoms with Crippen molar-refractivity contribution in [2.24, 2.45) is 4.99 Å². The van der Waals surface area contributed by atoms with Crippen molar-refractivity contribution < 1.29 is 14.0 Å². The zero-order chi connectivity index (χ0) is 15.9.